The fourth-order valence-corrected chi connectivity index (χ4v) is 4.71. The van der Waals surface area contributed by atoms with Crippen molar-refractivity contribution in [3.05, 3.63) is 0 Å². The quantitative estimate of drug-likeness (QED) is 0.863. The summed E-state index contributed by atoms with van der Waals surface area (Å²) in [7, 11) is 0. The molecular weight excluding hydrogens is 250 g/mol. The van der Waals surface area contributed by atoms with Crippen molar-refractivity contribution in [1.82, 2.24) is 5.32 Å². The van der Waals surface area contributed by atoms with Crippen molar-refractivity contribution in [3.63, 3.8) is 0 Å². The van der Waals surface area contributed by atoms with E-state index in [0.29, 0.717) is 5.78 Å². The Morgan fingerprint density at radius 1 is 1.25 bits per heavy atom. The molecule has 2 heterocycles. The second-order valence-electron chi connectivity index (χ2n) is 7.21. The van der Waals surface area contributed by atoms with Gasteiger partial charge in [-0.2, -0.15) is 0 Å². The van der Waals surface area contributed by atoms with Crippen LogP contribution in [0.5, 0.6) is 0 Å². The highest BCUT2D eigenvalue weighted by atomic mass is 16.5. The molecule has 3 fully saturated rings. The second-order valence-corrected chi connectivity index (χ2v) is 7.21. The van der Waals surface area contributed by atoms with Crippen LogP contribution >= 0.6 is 0 Å². The van der Waals surface area contributed by atoms with E-state index in [1.54, 1.807) is 0 Å². The minimum atomic E-state index is -0.0833. The molecule has 1 N–H and O–H groups in total. The summed E-state index contributed by atoms with van der Waals surface area (Å²) in [5.74, 6) is 0.795. The van der Waals surface area contributed by atoms with Gasteiger partial charge < -0.3 is 10.1 Å². The van der Waals surface area contributed by atoms with Crippen LogP contribution in [0.25, 0.3) is 0 Å². The summed E-state index contributed by atoms with van der Waals surface area (Å²) in [6, 6.07) is 0. The number of ketones is 1. The largest absolute Gasteiger partial charge is 0.375 e. The molecular formula is C17H29NO2. The van der Waals surface area contributed by atoms with Gasteiger partial charge in [0, 0.05) is 24.5 Å². The average Bonchev–Trinajstić information content (AvgIpc) is 2.95. The average molecular weight is 279 g/mol. The van der Waals surface area contributed by atoms with Gasteiger partial charge in [0.2, 0.25) is 0 Å². The van der Waals surface area contributed by atoms with Gasteiger partial charge in [-0.1, -0.05) is 19.8 Å². The molecule has 114 valence electrons. The van der Waals surface area contributed by atoms with Gasteiger partial charge in [-0.25, -0.2) is 0 Å². The molecule has 2 saturated heterocycles. The van der Waals surface area contributed by atoms with Gasteiger partial charge >= 0.3 is 0 Å². The van der Waals surface area contributed by atoms with E-state index in [0.717, 1.165) is 51.8 Å². The SMILES string of the molecule is CCC1(C(=O)C2CCOC3(CCCC3)C2)CCCNC1. The molecule has 1 aliphatic carbocycles. The predicted molar refractivity (Wildman–Crippen MR) is 79.7 cm³/mol. The smallest absolute Gasteiger partial charge is 0.143 e. The van der Waals surface area contributed by atoms with Gasteiger partial charge in [-0.3, -0.25) is 4.79 Å². The highest BCUT2D eigenvalue weighted by Gasteiger charge is 2.47. The standard InChI is InChI=1S/C17H29NO2/c1-2-16(7-5-10-18-13-16)15(19)14-6-11-20-17(12-14)8-3-4-9-17/h14,18H,2-13H2,1H3. The number of Topliss-reactive ketones (excluding diaryl/α,β-unsaturated/α-hetero) is 1. The molecule has 0 bridgehead atoms. The molecule has 0 radical (unpaired) electrons. The first-order chi connectivity index (χ1) is 9.70. The van der Waals surface area contributed by atoms with Gasteiger partial charge in [-0.15, -0.1) is 0 Å². The van der Waals surface area contributed by atoms with E-state index in [-0.39, 0.29) is 16.9 Å². The number of hydrogen-bond donors (Lipinski definition) is 1. The maximum atomic E-state index is 13.2. The zero-order valence-corrected chi connectivity index (χ0v) is 12.9. The third kappa shape index (κ3) is 2.55. The van der Waals surface area contributed by atoms with Crippen molar-refractivity contribution < 1.29 is 9.53 Å². The number of piperidine rings is 1. The van der Waals surface area contributed by atoms with Gasteiger partial charge in [0.1, 0.15) is 5.78 Å². The van der Waals surface area contributed by atoms with Crippen molar-refractivity contribution in [1.29, 1.82) is 0 Å². The Kier molecular flexibility index (Phi) is 4.19. The van der Waals surface area contributed by atoms with Crippen molar-refractivity contribution in [2.75, 3.05) is 19.7 Å². The maximum absolute atomic E-state index is 13.2. The number of hydrogen-bond acceptors (Lipinski definition) is 3. The molecule has 3 rings (SSSR count). The maximum Gasteiger partial charge on any atom is 0.143 e. The van der Waals surface area contributed by atoms with Gasteiger partial charge in [0.15, 0.2) is 0 Å². The highest BCUT2D eigenvalue weighted by Crippen LogP contribution is 2.45. The summed E-state index contributed by atoms with van der Waals surface area (Å²) in [5.41, 5.74) is -0.0182. The minimum absolute atomic E-state index is 0.0651. The third-order valence-electron chi connectivity index (χ3n) is 6.05. The van der Waals surface area contributed by atoms with Crippen LogP contribution in [0.1, 0.15) is 64.7 Å². The number of ether oxygens (including phenoxy) is 1. The molecule has 0 aromatic heterocycles. The van der Waals surface area contributed by atoms with Crippen LogP contribution in [0, 0.1) is 11.3 Å². The Morgan fingerprint density at radius 2 is 2.05 bits per heavy atom. The normalized spacial score (nSPS) is 37.1. The zero-order valence-electron chi connectivity index (χ0n) is 12.9. The molecule has 20 heavy (non-hydrogen) atoms. The van der Waals surface area contributed by atoms with Crippen LogP contribution in [-0.2, 0) is 9.53 Å². The topological polar surface area (TPSA) is 38.3 Å². The molecule has 0 aromatic rings. The molecule has 1 saturated carbocycles. The summed E-state index contributed by atoms with van der Waals surface area (Å²) in [4.78, 5) is 13.2. The summed E-state index contributed by atoms with van der Waals surface area (Å²) < 4.78 is 6.09. The second kappa shape index (κ2) is 5.76. The molecule has 2 aliphatic heterocycles. The monoisotopic (exact) mass is 279 g/mol. The van der Waals surface area contributed by atoms with Crippen LogP contribution in [-0.4, -0.2) is 31.1 Å². The molecule has 1 spiro atoms. The first-order valence-electron chi connectivity index (χ1n) is 8.59. The lowest BCUT2D eigenvalue weighted by Gasteiger charge is -2.43. The Balaban J connectivity index is 1.72. The lowest BCUT2D eigenvalue weighted by atomic mass is 9.67. The van der Waals surface area contributed by atoms with E-state index >= 15 is 0 Å². The first-order valence-corrected chi connectivity index (χ1v) is 8.59. The van der Waals surface area contributed by atoms with Crippen LogP contribution in [0.3, 0.4) is 0 Å². The van der Waals surface area contributed by atoms with Crippen molar-refractivity contribution >= 4 is 5.78 Å². The zero-order chi connectivity index (χ0) is 14.1. The minimum Gasteiger partial charge on any atom is -0.375 e. The summed E-state index contributed by atoms with van der Waals surface area (Å²) in [6.45, 7) is 4.96. The van der Waals surface area contributed by atoms with Gasteiger partial charge in [0.05, 0.1) is 5.60 Å². The molecule has 0 aromatic carbocycles. The van der Waals surface area contributed by atoms with E-state index in [2.05, 4.69) is 12.2 Å². The van der Waals surface area contributed by atoms with E-state index in [1.165, 1.54) is 25.7 Å². The molecule has 3 heteroatoms. The number of carbonyl (C=O) groups excluding carboxylic acids is 1. The van der Waals surface area contributed by atoms with Crippen molar-refractivity contribution in [2.24, 2.45) is 11.3 Å². The van der Waals surface area contributed by atoms with Crippen LogP contribution in [0.15, 0.2) is 0 Å². The first kappa shape index (κ1) is 14.5. The fourth-order valence-electron chi connectivity index (χ4n) is 4.71. The number of carbonyl (C=O) groups is 1. The summed E-state index contributed by atoms with van der Waals surface area (Å²) in [6.07, 6.45) is 10.1. The molecule has 0 amide bonds. The summed E-state index contributed by atoms with van der Waals surface area (Å²) >= 11 is 0. The van der Waals surface area contributed by atoms with Gasteiger partial charge in [0.25, 0.3) is 0 Å². The Morgan fingerprint density at radius 3 is 2.70 bits per heavy atom. The lowest BCUT2D eigenvalue weighted by molar-refractivity contribution is -0.146. The van der Waals surface area contributed by atoms with Crippen LogP contribution in [0.4, 0.5) is 0 Å². The van der Waals surface area contributed by atoms with Gasteiger partial charge in [-0.05, 0) is 51.5 Å². The molecule has 3 aliphatic rings. The lowest BCUT2D eigenvalue weighted by Crippen LogP contribution is -2.50. The fraction of sp³-hybridized carbons (Fsp3) is 0.941. The van der Waals surface area contributed by atoms with E-state index in [9.17, 15) is 4.79 Å². The Hall–Kier alpha value is -0.410. The highest BCUT2D eigenvalue weighted by molar-refractivity contribution is 5.87. The molecule has 3 nitrogen and oxygen atoms in total. The summed E-state index contributed by atoms with van der Waals surface area (Å²) in [5, 5.41) is 3.46. The molecule has 2 unspecified atom stereocenters. The Bertz CT molecular complexity index is 354. The molecule has 2 atom stereocenters. The number of nitrogens with one attached hydrogen (secondary N) is 1. The van der Waals surface area contributed by atoms with Crippen LogP contribution < -0.4 is 5.32 Å². The number of rotatable bonds is 3. The van der Waals surface area contributed by atoms with E-state index in [4.69, 9.17) is 4.74 Å². The van der Waals surface area contributed by atoms with E-state index < -0.39 is 0 Å². The third-order valence-corrected chi connectivity index (χ3v) is 6.05. The van der Waals surface area contributed by atoms with E-state index in [1.807, 2.05) is 0 Å². The van der Waals surface area contributed by atoms with Crippen LogP contribution in [0.2, 0.25) is 0 Å². The van der Waals surface area contributed by atoms with Crippen molar-refractivity contribution in [2.45, 2.75) is 70.3 Å². The predicted octanol–water partition coefficient (Wildman–Crippen LogP) is 3.07. The Labute approximate surface area is 122 Å². The van der Waals surface area contributed by atoms with Crippen molar-refractivity contribution in [3.8, 4) is 0 Å².